The van der Waals surface area contributed by atoms with E-state index in [0.29, 0.717) is 44.7 Å². The molecule has 6 rings (SSSR count). The van der Waals surface area contributed by atoms with Crippen molar-refractivity contribution in [3.05, 3.63) is 104 Å². The Morgan fingerprint density at radius 3 is 2.40 bits per heavy atom. The Morgan fingerprint density at radius 1 is 1.00 bits per heavy atom. The van der Waals surface area contributed by atoms with Crippen molar-refractivity contribution in [3.8, 4) is 11.1 Å². The Labute approximate surface area is 241 Å². The summed E-state index contributed by atoms with van der Waals surface area (Å²) in [5.41, 5.74) is 3.58. The van der Waals surface area contributed by atoms with Gasteiger partial charge in [-0.25, -0.2) is 5.01 Å². The molecule has 2 unspecified atom stereocenters. The van der Waals surface area contributed by atoms with E-state index < -0.39 is 17.3 Å². The van der Waals surface area contributed by atoms with Gasteiger partial charge in [-0.2, -0.15) is 9.31 Å². The van der Waals surface area contributed by atoms with E-state index in [0.717, 1.165) is 16.5 Å². The second-order valence-electron chi connectivity index (χ2n) is 9.26. The zero-order valence-corrected chi connectivity index (χ0v) is 23.1. The van der Waals surface area contributed by atoms with Crippen LogP contribution in [0.25, 0.3) is 22.0 Å². The van der Waals surface area contributed by atoms with Gasteiger partial charge >= 0.3 is 11.3 Å². The topological polar surface area (TPSA) is 116 Å². The van der Waals surface area contributed by atoms with Crippen molar-refractivity contribution in [2.45, 2.75) is 25.3 Å². The van der Waals surface area contributed by atoms with Gasteiger partial charge in [0.25, 0.3) is 5.56 Å². The quantitative estimate of drug-likeness (QED) is 0.308. The van der Waals surface area contributed by atoms with Gasteiger partial charge in [-0.1, -0.05) is 70.8 Å². The van der Waals surface area contributed by atoms with Gasteiger partial charge in [-0.3, -0.25) is 18.6 Å². The first-order chi connectivity index (χ1) is 19.4. The first kappa shape index (κ1) is 26.2. The van der Waals surface area contributed by atoms with E-state index in [-0.39, 0.29) is 24.3 Å². The molecule has 0 saturated heterocycles. The Morgan fingerprint density at radius 2 is 1.70 bits per heavy atom. The zero-order valence-electron chi connectivity index (χ0n) is 20.8. The van der Waals surface area contributed by atoms with Crippen LogP contribution in [0.4, 0.5) is 0 Å². The van der Waals surface area contributed by atoms with E-state index in [2.05, 4.69) is 19.1 Å². The molecule has 12 heteroatoms. The number of rotatable bonds is 6. The van der Waals surface area contributed by atoms with Crippen LogP contribution in [0.15, 0.2) is 87.8 Å². The number of nitrogens with one attached hydrogen (secondary N) is 2. The van der Waals surface area contributed by atoms with Crippen molar-refractivity contribution in [1.29, 1.82) is 0 Å². The minimum absolute atomic E-state index is 0.0331. The number of halogens is 2. The summed E-state index contributed by atoms with van der Waals surface area (Å²) in [5.74, 6) is 0.0246. The molecular weight excluding hydrogens is 573 g/mol. The average molecular weight is 594 g/mol. The number of H-pyrrole nitrogens is 1. The summed E-state index contributed by atoms with van der Waals surface area (Å²) in [7, 11) is 0. The van der Waals surface area contributed by atoms with Crippen molar-refractivity contribution in [3.63, 3.8) is 0 Å². The summed E-state index contributed by atoms with van der Waals surface area (Å²) in [5, 5.41) is 11.8. The zero-order chi connectivity index (χ0) is 27.8. The monoisotopic (exact) mass is 593 g/mol. The van der Waals surface area contributed by atoms with Gasteiger partial charge in [0.05, 0.1) is 17.3 Å². The number of nitrogens with zero attached hydrogens (tertiary/aromatic N) is 3. The number of pyridine rings is 1. The normalized spacial score (nSPS) is 18.3. The molecule has 2 N–H and O–H groups in total. The van der Waals surface area contributed by atoms with Crippen LogP contribution >= 0.6 is 23.2 Å². The van der Waals surface area contributed by atoms with Gasteiger partial charge in [0.1, 0.15) is 0 Å². The third-order valence-corrected chi connectivity index (χ3v) is 7.87. The summed E-state index contributed by atoms with van der Waals surface area (Å²) in [6.45, 7) is 0. The summed E-state index contributed by atoms with van der Waals surface area (Å²) < 4.78 is 18.6. The first-order valence-electron chi connectivity index (χ1n) is 12.4. The molecule has 0 bridgehead atoms. The Kier molecular flexibility index (Phi) is 7.14. The van der Waals surface area contributed by atoms with Crippen molar-refractivity contribution in [1.82, 2.24) is 14.7 Å². The minimum Gasteiger partial charge on any atom is -0.321 e. The van der Waals surface area contributed by atoms with E-state index in [1.807, 2.05) is 48.5 Å². The number of benzene rings is 3. The van der Waals surface area contributed by atoms with Gasteiger partial charge in [-0.15, -0.1) is 0 Å². The Hall–Kier alpha value is -3.99. The van der Waals surface area contributed by atoms with Crippen molar-refractivity contribution in [2.75, 3.05) is 0 Å². The Balaban J connectivity index is 1.45. The Bertz CT molecular complexity index is 1770. The fourth-order valence-corrected chi connectivity index (χ4v) is 5.70. The maximum atomic E-state index is 13.6. The van der Waals surface area contributed by atoms with Crippen LogP contribution in [0.2, 0.25) is 10.0 Å². The number of hydrogen-bond acceptors (Lipinski definition) is 6. The van der Waals surface area contributed by atoms with Gasteiger partial charge in [0.2, 0.25) is 5.91 Å². The van der Waals surface area contributed by atoms with Gasteiger partial charge in [0.15, 0.2) is 5.84 Å². The van der Waals surface area contributed by atoms with Gasteiger partial charge < -0.3 is 4.98 Å². The molecule has 0 radical (unpaired) electrons. The van der Waals surface area contributed by atoms with E-state index in [4.69, 9.17) is 28.3 Å². The maximum Gasteiger partial charge on any atom is 0.338 e. The molecule has 0 saturated carbocycles. The highest BCUT2D eigenvalue weighted by Crippen LogP contribution is 2.37. The van der Waals surface area contributed by atoms with E-state index >= 15 is 0 Å². The molecule has 0 aliphatic carbocycles. The summed E-state index contributed by atoms with van der Waals surface area (Å²) in [4.78, 5) is 30.1. The van der Waals surface area contributed by atoms with E-state index in [1.165, 1.54) is 5.01 Å². The number of aromatic nitrogens is 1. The van der Waals surface area contributed by atoms with Crippen molar-refractivity contribution in [2.24, 2.45) is 10.3 Å². The summed E-state index contributed by atoms with van der Waals surface area (Å²) in [6.07, 6.45) is 0.527. The number of amidine groups is 1. The van der Waals surface area contributed by atoms with Crippen molar-refractivity contribution < 1.29 is 13.3 Å². The van der Waals surface area contributed by atoms with Crippen LogP contribution in [0.1, 0.15) is 36.4 Å². The lowest BCUT2D eigenvalue weighted by atomic mass is 9.91. The second kappa shape index (κ2) is 10.9. The number of aromatic amines is 1. The predicted octanol–water partition coefficient (Wildman–Crippen LogP) is 5.47. The largest absolute Gasteiger partial charge is 0.338 e. The molecule has 202 valence electrons. The summed E-state index contributed by atoms with van der Waals surface area (Å²) >= 11 is 10.6. The third kappa shape index (κ3) is 5.13. The highest BCUT2D eigenvalue weighted by molar-refractivity contribution is 7.79. The molecule has 2 aliphatic rings. The van der Waals surface area contributed by atoms with Crippen LogP contribution in [0, 0.1) is 0 Å². The summed E-state index contributed by atoms with van der Waals surface area (Å²) in [6, 6.07) is 21.6. The lowest BCUT2D eigenvalue weighted by Gasteiger charge is -2.22. The van der Waals surface area contributed by atoms with Crippen LogP contribution in [0.5, 0.6) is 0 Å². The van der Waals surface area contributed by atoms with E-state index in [1.54, 1.807) is 24.3 Å². The fraction of sp³-hybridized carbons (Fsp3) is 0.143. The smallest absolute Gasteiger partial charge is 0.321 e. The number of para-hydroxylation sites is 1. The van der Waals surface area contributed by atoms with Crippen LogP contribution in [-0.4, -0.2) is 31.7 Å². The number of oxime groups is 1. The number of hydrogen-bond donors (Lipinski definition) is 2. The molecule has 9 nitrogen and oxygen atoms in total. The van der Waals surface area contributed by atoms with Gasteiger partial charge in [-0.05, 0) is 41.5 Å². The number of amides is 1. The first-order valence-corrected chi connectivity index (χ1v) is 14.2. The molecule has 3 heterocycles. The SMILES string of the molecule is O=C(CCC1=NOS(=O)N1)N1N=C(c2c(-c3ccc(Cl)cc3)c3ccccc3[nH]c2=O)CC1c1ccc(Cl)cc1. The molecule has 0 fully saturated rings. The highest BCUT2D eigenvalue weighted by atomic mass is 35.5. The molecule has 2 aliphatic heterocycles. The van der Waals surface area contributed by atoms with E-state index in [9.17, 15) is 13.8 Å². The van der Waals surface area contributed by atoms with Gasteiger partial charge in [0, 0.05) is 45.8 Å². The second-order valence-corrected chi connectivity index (χ2v) is 11.0. The number of hydrazone groups is 1. The van der Waals surface area contributed by atoms with Crippen LogP contribution in [0.3, 0.4) is 0 Å². The number of fused-ring (bicyclic) bond motifs is 1. The fourth-order valence-electron chi connectivity index (χ4n) is 4.92. The molecule has 2 atom stereocenters. The predicted molar refractivity (Wildman–Crippen MR) is 156 cm³/mol. The van der Waals surface area contributed by atoms with Crippen molar-refractivity contribution >= 4 is 62.8 Å². The minimum atomic E-state index is -1.74. The van der Waals surface area contributed by atoms with Crippen LogP contribution < -0.4 is 10.3 Å². The number of carbonyl (C=O) groups is 1. The average Bonchev–Trinajstić information content (AvgIpc) is 3.58. The third-order valence-electron chi connectivity index (χ3n) is 6.76. The van der Waals surface area contributed by atoms with Crippen LogP contribution in [-0.2, 0) is 20.3 Å². The molecule has 40 heavy (non-hydrogen) atoms. The lowest BCUT2D eigenvalue weighted by Crippen LogP contribution is -2.28. The molecular formula is C28H21Cl2N5O4S. The molecule has 1 amide bonds. The molecule has 3 aromatic carbocycles. The molecule has 1 aromatic heterocycles. The molecule has 4 aromatic rings. The standard InChI is InChI=1S/C28H21Cl2N5O4S/c29-18-9-5-16(6-10-18)23-15-22(32-35(23)25(36)14-13-24-33-39-40(38)34-24)27-26(17-7-11-19(30)12-8-17)20-3-1-2-4-21(20)31-28(27)37/h1-12,23H,13-15H2,(H,31,37)(H,33,34). The number of carbonyl (C=O) groups excluding carboxylic acids is 1. The lowest BCUT2D eigenvalue weighted by molar-refractivity contribution is -0.132. The molecule has 0 spiro atoms. The maximum absolute atomic E-state index is 13.6. The highest BCUT2D eigenvalue weighted by Gasteiger charge is 2.35.